The molecule has 1 aliphatic heterocycles. The van der Waals surface area contributed by atoms with Crippen molar-refractivity contribution in [3.8, 4) is 11.1 Å². The number of hydrogen-bond acceptors (Lipinski definition) is 4. The highest BCUT2D eigenvalue weighted by molar-refractivity contribution is 6.64. The minimum Gasteiger partial charge on any atom is -0.423 e. The predicted molar refractivity (Wildman–Crippen MR) is 124 cm³/mol. The lowest BCUT2D eigenvalue weighted by molar-refractivity contribution is 0.00578. The van der Waals surface area contributed by atoms with Gasteiger partial charge in [0.05, 0.1) is 27.8 Å². The number of hydrogen-bond donors (Lipinski definition) is 0. The Morgan fingerprint density at radius 3 is 2.26 bits per heavy atom. The van der Waals surface area contributed by atoms with Crippen molar-refractivity contribution in [2.24, 2.45) is 0 Å². The molecular formula is C25H23BN2O3. The van der Waals surface area contributed by atoms with Gasteiger partial charge in [0, 0.05) is 5.56 Å². The van der Waals surface area contributed by atoms with Crippen molar-refractivity contribution >= 4 is 40.6 Å². The zero-order valence-electron chi connectivity index (χ0n) is 18.0. The van der Waals surface area contributed by atoms with Gasteiger partial charge in [-0.3, -0.25) is 4.40 Å². The van der Waals surface area contributed by atoms with Crippen LogP contribution in [-0.2, 0) is 9.31 Å². The van der Waals surface area contributed by atoms with Crippen molar-refractivity contribution in [1.29, 1.82) is 0 Å². The fraction of sp³-hybridized carbons (Fsp3) is 0.240. The maximum Gasteiger partial charge on any atom is 0.495 e. The second kappa shape index (κ2) is 6.22. The van der Waals surface area contributed by atoms with Crippen molar-refractivity contribution < 1.29 is 13.7 Å². The van der Waals surface area contributed by atoms with E-state index in [-0.39, 0.29) is 0 Å². The highest BCUT2D eigenvalue weighted by atomic mass is 16.7. The Labute approximate surface area is 180 Å². The molecule has 1 saturated heterocycles. The summed E-state index contributed by atoms with van der Waals surface area (Å²) in [6.45, 7) is 8.31. The molecular weight excluding hydrogens is 387 g/mol. The van der Waals surface area contributed by atoms with Crippen molar-refractivity contribution in [3.63, 3.8) is 0 Å². The topological polar surface area (TPSA) is 48.9 Å². The number of aromatic nitrogens is 2. The highest BCUT2D eigenvalue weighted by Gasteiger charge is 2.52. The quantitative estimate of drug-likeness (QED) is 0.376. The van der Waals surface area contributed by atoms with Crippen LogP contribution in [0.1, 0.15) is 27.7 Å². The normalized spacial score (nSPS) is 17.9. The maximum atomic E-state index is 6.39. The Balaban J connectivity index is 1.61. The molecule has 3 heterocycles. The lowest BCUT2D eigenvalue weighted by Gasteiger charge is -2.32. The van der Waals surface area contributed by atoms with Crippen LogP contribution in [0.25, 0.3) is 39.1 Å². The molecule has 0 amide bonds. The lowest BCUT2D eigenvalue weighted by atomic mass is 9.74. The fourth-order valence-electron chi connectivity index (χ4n) is 4.36. The SMILES string of the molecule is CC1(C)OB(c2ccccc2-c2cccc3nc4oc5ccccc5n4c23)OC1(C)C. The van der Waals surface area contributed by atoms with Crippen LogP contribution in [-0.4, -0.2) is 27.7 Å². The first-order valence-electron chi connectivity index (χ1n) is 10.6. The summed E-state index contributed by atoms with van der Waals surface area (Å²) in [5.74, 6) is 0.594. The van der Waals surface area contributed by atoms with Gasteiger partial charge in [-0.15, -0.1) is 0 Å². The zero-order chi connectivity index (χ0) is 21.4. The second-order valence-electron chi connectivity index (χ2n) is 9.15. The van der Waals surface area contributed by atoms with Crippen LogP contribution < -0.4 is 5.46 Å². The molecule has 3 aromatic carbocycles. The number of nitrogens with zero attached hydrogens (tertiary/aromatic N) is 2. The zero-order valence-corrected chi connectivity index (χ0v) is 18.0. The summed E-state index contributed by atoms with van der Waals surface area (Å²) >= 11 is 0. The molecule has 2 aromatic heterocycles. The van der Waals surface area contributed by atoms with Gasteiger partial charge in [-0.1, -0.05) is 48.5 Å². The van der Waals surface area contributed by atoms with Crippen molar-refractivity contribution in [2.75, 3.05) is 0 Å². The summed E-state index contributed by atoms with van der Waals surface area (Å²) < 4.78 is 20.9. The number of oxazole rings is 1. The molecule has 0 atom stereocenters. The van der Waals surface area contributed by atoms with Crippen LogP contribution in [0, 0.1) is 0 Å². The van der Waals surface area contributed by atoms with Gasteiger partial charge in [-0.2, -0.15) is 4.98 Å². The van der Waals surface area contributed by atoms with E-state index >= 15 is 0 Å². The Kier molecular flexibility index (Phi) is 3.74. The average molecular weight is 410 g/mol. The van der Waals surface area contributed by atoms with Gasteiger partial charge < -0.3 is 13.7 Å². The van der Waals surface area contributed by atoms with Gasteiger partial charge in [-0.25, -0.2) is 0 Å². The summed E-state index contributed by atoms with van der Waals surface area (Å²) in [5, 5.41) is 0. The second-order valence-corrected chi connectivity index (χ2v) is 9.15. The van der Waals surface area contributed by atoms with Crippen molar-refractivity contribution in [1.82, 2.24) is 9.38 Å². The van der Waals surface area contributed by atoms with Crippen LogP contribution in [0.15, 0.2) is 71.1 Å². The number of fused-ring (bicyclic) bond motifs is 5. The van der Waals surface area contributed by atoms with E-state index in [4.69, 9.17) is 18.7 Å². The van der Waals surface area contributed by atoms with Gasteiger partial charge in [-0.05, 0) is 56.9 Å². The lowest BCUT2D eigenvalue weighted by Crippen LogP contribution is -2.41. The third kappa shape index (κ3) is 2.62. The van der Waals surface area contributed by atoms with Crippen molar-refractivity contribution in [2.45, 2.75) is 38.9 Å². The summed E-state index contributed by atoms with van der Waals surface area (Å²) in [4.78, 5) is 4.75. The van der Waals surface area contributed by atoms with Gasteiger partial charge in [0.15, 0.2) is 5.58 Å². The number of para-hydroxylation sites is 3. The van der Waals surface area contributed by atoms with Gasteiger partial charge in [0.1, 0.15) is 0 Å². The molecule has 1 aliphatic rings. The van der Waals surface area contributed by atoms with E-state index in [2.05, 4.69) is 62.4 Å². The third-order valence-electron chi connectivity index (χ3n) is 6.71. The van der Waals surface area contributed by atoms with E-state index in [9.17, 15) is 0 Å². The third-order valence-corrected chi connectivity index (χ3v) is 6.71. The average Bonchev–Trinajstić information content (AvgIpc) is 3.34. The Morgan fingerprint density at radius 2 is 1.45 bits per heavy atom. The molecule has 0 bridgehead atoms. The summed E-state index contributed by atoms with van der Waals surface area (Å²) in [5.41, 5.74) is 6.08. The molecule has 0 unspecified atom stereocenters. The van der Waals surface area contributed by atoms with Crippen LogP contribution in [0.3, 0.4) is 0 Å². The first-order chi connectivity index (χ1) is 14.9. The van der Waals surface area contributed by atoms with E-state index in [0.29, 0.717) is 5.84 Å². The smallest absolute Gasteiger partial charge is 0.423 e. The maximum absolute atomic E-state index is 6.39. The molecule has 0 radical (unpaired) electrons. The standard InChI is InChI=1S/C25H23BN2O3/c1-24(2)25(3,4)31-26(30-24)18-12-6-5-10-16(18)17-11-9-13-19-22(17)28-20-14-7-8-15-21(20)29-23(28)27-19/h5-15H,1-4H3. The Morgan fingerprint density at radius 1 is 0.774 bits per heavy atom. The molecule has 154 valence electrons. The first-order valence-corrected chi connectivity index (χ1v) is 10.6. The first kappa shape index (κ1) is 18.7. The van der Waals surface area contributed by atoms with Crippen LogP contribution in [0.5, 0.6) is 0 Å². The van der Waals surface area contributed by atoms with Crippen LogP contribution in [0.2, 0.25) is 0 Å². The molecule has 0 saturated carbocycles. The van der Waals surface area contributed by atoms with E-state index in [1.807, 2.05) is 36.4 Å². The largest absolute Gasteiger partial charge is 0.495 e. The molecule has 6 heteroatoms. The molecule has 31 heavy (non-hydrogen) atoms. The summed E-state index contributed by atoms with van der Waals surface area (Å²) in [6.07, 6.45) is 0. The van der Waals surface area contributed by atoms with Crippen LogP contribution in [0.4, 0.5) is 0 Å². The van der Waals surface area contributed by atoms with E-state index in [1.165, 1.54) is 0 Å². The Bertz CT molecular complexity index is 1450. The number of imidazole rings is 1. The Hall–Kier alpha value is -3.09. The molecule has 5 aromatic rings. The predicted octanol–water partition coefficient (Wildman–Crippen LogP) is 5.20. The van der Waals surface area contributed by atoms with Crippen molar-refractivity contribution in [3.05, 3.63) is 66.7 Å². The monoisotopic (exact) mass is 410 g/mol. The fourth-order valence-corrected chi connectivity index (χ4v) is 4.36. The van der Waals surface area contributed by atoms with E-state index in [1.54, 1.807) is 0 Å². The molecule has 6 rings (SSSR count). The molecule has 5 nitrogen and oxygen atoms in total. The molecule has 1 fully saturated rings. The number of rotatable bonds is 2. The van der Waals surface area contributed by atoms with E-state index in [0.717, 1.165) is 38.7 Å². The van der Waals surface area contributed by atoms with Gasteiger partial charge >= 0.3 is 13.0 Å². The summed E-state index contributed by atoms with van der Waals surface area (Å²) in [7, 11) is -0.444. The molecule has 0 aliphatic carbocycles. The van der Waals surface area contributed by atoms with Gasteiger partial charge in [0.25, 0.3) is 0 Å². The summed E-state index contributed by atoms with van der Waals surface area (Å²) in [6, 6.07) is 22.5. The van der Waals surface area contributed by atoms with E-state index < -0.39 is 18.3 Å². The molecule has 0 spiro atoms. The molecule has 0 N–H and O–H groups in total. The van der Waals surface area contributed by atoms with Crippen LogP contribution >= 0.6 is 0 Å². The number of benzene rings is 3. The minimum atomic E-state index is -0.444. The van der Waals surface area contributed by atoms with Gasteiger partial charge in [0.2, 0.25) is 0 Å². The highest BCUT2D eigenvalue weighted by Crippen LogP contribution is 2.38. The minimum absolute atomic E-state index is 0.401.